The molecule has 0 amide bonds. The Morgan fingerprint density at radius 3 is 2.58 bits per heavy atom. The van der Waals surface area contributed by atoms with Gasteiger partial charge >= 0.3 is 6.18 Å². The second-order valence-corrected chi connectivity index (χ2v) is 9.67. The Kier molecular flexibility index (Phi) is 8.47. The van der Waals surface area contributed by atoms with E-state index in [-0.39, 0.29) is 16.9 Å². The molecular weight excluding hydrogens is 522 g/mol. The third-order valence-electron chi connectivity index (χ3n) is 6.51. The molecule has 1 aromatic carbocycles. The van der Waals surface area contributed by atoms with Gasteiger partial charge in [0.1, 0.15) is 23.3 Å². The van der Waals surface area contributed by atoms with Crippen LogP contribution in [0.3, 0.4) is 0 Å². The molecule has 204 valence electrons. The van der Waals surface area contributed by atoms with Gasteiger partial charge in [0.05, 0.1) is 10.6 Å². The smallest absolute Gasteiger partial charge is 0.398 e. The number of hydrogen-bond acceptors (Lipinski definition) is 6. The molecule has 2 saturated heterocycles. The van der Waals surface area contributed by atoms with Crippen LogP contribution in [0, 0.1) is 5.82 Å². The van der Waals surface area contributed by atoms with Crippen molar-refractivity contribution >= 4 is 29.0 Å². The first-order chi connectivity index (χ1) is 18.0. The minimum absolute atomic E-state index is 0.0546. The zero-order valence-electron chi connectivity index (χ0n) is 21.0. The van der Waals surface area contributed by atoms with Gasteiger partial charge in [-0.05, 0) is 42.8 Å². The van der Waals surface area contributed by atoms with Gasteiger partial charge in [-0.2, -0.15) is 13.2 Å². The number of alkyl halides is 3. The van der Waals surface area contributed by atoms with Crippen molar-refractivity contribution in [3.05, 3.63) is 77.0 Å². The summed E-state index contributed by atoms with van der Waals surface area (Å²) in [5.74, 6) is 0.424. The van der Waals surface area contributed by atoms with E-state index in [1.165, 1.54) is 30.5 Å². The lowest BCUT2D eigenvalue weighted by atomic mass is 10.1. The molecule has 0 radical (unpaired) electrons. The van der Waals surface area contributed by atoms with Gasteiger partial charge in [0, 0.05) is 69.8 Å². The highest BCUT2D eigenvalue weighted by Crippen LogP contribution is 2.35. The van der Waals surface area contributed by atoms with Gasteiger partial charge in [0.15, 0.2) is 0 Å². The van der Waals surface area contributed by atoms with E-state index < -0.39 is 17.6 Å². The van der Waals surface area contributed by atoms with Crippen LogP contribution in [0.25, 0.3) is 5.70 Å². The molecule has 2 aromatic rings. The highest BCUT2D eigenvalue weighted by atomic mass is 35.5. The van der Waals surface area contributed by atoms with Crippen LogP contribution in [0.1, 0.15) is 18.1 Å². The number of nitrogens with one attached hydrogen (secondary N) is 1. The molecule has 4 rings (SSSR count). The Morgan fingerprint density at radius 2 is 1.92 bits per heavy atom. The summed E-state index contributed by atoms with van der Waals surface area (Å²) < 4.78 is 54.3. The average molecular weight is 552 g/mol. The molecule has 7 nitrogen and oxygen atoms in total. The third-order valence-corrected chi connectivity index (χ3v) is 6.80. The maximum absolute atomic E-state index is 13.7. The van der Waals surface area contributed by atoms with Crippen molar-refractivity contribution in [1.29, 1.82) is 0 Å². The Labute approximate surface area is 224 Å². The van der Waals surface area contributed by atoms with E-state index >= 15 is 0 Å². The van der Waals surface area contributed by atoms with Crippen molar-refractivity contribution in [2.75, 3.05) is 50.7 Å². The van der Waals surface area contributed by atoms with Crippen LogP contribution in [0.5, 0.6) is 0 Å². The summed E-state index contributed by atoms with van der Waals surface area (Å²) in [6, 6.07) is 6.79. The topological polar surface area (TPSA) is 73.0 Å². The number of nitrogens with two attached hydrogens (primary N) is 1. The molecule has 1 aromatic heterocycles. The van der Waals surface area contributed by atoms with Gasteiger partial charge in [-0.1, -0.05) is 18.2 Å². The quantitative estimate of drug-likeness (QED) is 0.330. The van der Waals surface area contributed by atoms with Crippen LogP contribution in [-0.2, 0) is 6.18 Å². The zero-order chi connectivity index (χ0) is 27.4. The molecule has 2 aliphatic rings. The lowest BCUT2D eigenvalue weighted by Crippen LogP contribution is -2.50. The fourth-order valence-electron chi connectivity index (χ4n) is 4.48. The van der Waals surface area contributed by atoms with Crippen LogP contribution in [-0.4, -0.2) is 72.5 Å². The van der Waals surface area contributed by atoms with Gasteiger partial charge in [0.25, 0.3) is 0 Å². The molecule has 12 heteroatoms. The highest BCUT2D eigenvalue weighted by molar-refractivity contribution is 6.30. The fraction of sp³-hybridized carbons (Fsp3) is 0.385. The van der Waals surface area contributed by atoms with E-state index in [1.807, 2.05) is 4.90 Å². The first kappa shape index (κ1) is 27.7. The summed E-state index contributed by atoms with van der Waals surface area (Å²) >= 11 is 5.95. The lowest BCUT2D eigenvalue weighted by Gasteiger charge is -2.38. The number of pyridine rings is 1. The Balaban J connectivity index is 1.59. The monoisotopic (exact) mass is 551 g/mol. The molecular formula is C26H30ClF4N7. The SMILES string of the molecule is C=C(N=C(/C=C(\N)c1ccc(F)c(Cl)c1)N1CCN(c2ncccc2C(F)(F)F)CC1)N1CCNC(C)C1. The lowest BCUT2D eigenvalue weighted by molar-refractivity contribution is -0.137. The molecule has 0 bridgehead atoms. The van der Waals surface area contributed by atoms with Crippen molar-refractivity contribution in [1.82, 2.24) is 20.1 Å². The molecule has 0 spiro atoms. The largest absolute Gasteiger partial charge is 0.419 e. The van der Waals surface area contributed by atoms with E-state index in [9.17, 15) is 17.6 Å². The van der Waals surface area contributed by atoms with Gasteiger partial charge in [0.2, 0.25) is 0 Å². The Hall–Kier alpha value is -3.31. The first-order valence-electron chi connectivity index (χ1n) is 12.2. The minimum Gasteiger partial charge on any atom is -0.398 e. The van der Waals surface area contributed by atoms with Crippen LogP contribution >= 0.6 is 11.6 Å². The Morgan fingerprint density at radius 1 is 1.18 bits per heavy atom. The van der Waals surface area contributed by atoms with Crippen molar-refractivity contribution in [3.63, 3.8) is 0 Å². The summed E-state index contributed by atoms with van der Waals surface area (Å²) in [5, 5.41) is 3.32. The molecule has 2 fully saturated rings. The van der Waals surface area contributed by atoms with Crippen molar-refractivity contribution in [2.45, 2.75) is 19.1 Å². The van der Waals surface area contributed by atoms with Gasteiger partial charge in [-0.3, -0.25) is 0 Å². The molecule has 1 unspecified atom stereocenters. The summed E-state index contributed by atoms with van der Waals surface area (Å²) in [4.78, 5) is 14.4. The number of anilines is 1. The minimum atomic E-state index is -4.50. The Bertz CT molecular complexity index is 1220. The van der Waals surface area contributed by atoms with Crippen molar-refractivity contribution < 1.29 is 17.6 Å². The third kappa shape index (κ3) is 6.57. The van der Waals surface area contributed by atoms with E-state index in [2.05, 4.69) is 28.7 Å². The number of aromatic nitrogens is 1. The fourth-order valence-corrected chi connectivity index (χ4v) is 4.66. The summed E-state index contributed by atoms with van der Waals surface area (Å²) in [6.45, 7) is 9.85. The predicted octanol–water partition coefficient (Wildman–Crippen LogP) is 4.18. The van der Waals surface area contributed by atoms with Crippen LogP contribution in [0.4, 0.5) is 23.4 Å². The summed E-state index contributed by atoms with van der Waals surface area (Å²) in [5.41, 5.74) is 6.43. The van der Waals surface area contributed by atoms with Crippen molar-refractivity contribution in [2.24, 2.45) is 10.7 Å². The van der Waals surface area contributed by atoms with E-state index in [4.69, 9.17) is 22.3 Å². The molecule has 1 atom stereocenters. The number of halogens is 5. The van der Waals surface area contributed by atoms with Crippen molar-refractivity contribution in [3.8, 4) is 0 Å². The normalized spacial score (nSPS) is 19.6. The maximum Gasteiger partial charge on any atom is 0.419 e. The number of aliphatic imine (C=N–C) groups is 1. The molecule has 2 aliphatic heterocycles. The van der Waals surface area contributed by atoms with Crippen LogP contribution in [0.15, 0.2) is 60.0 Å². The van der Waals surface area contributed by atoms with E-state index in [0.29, 0.717) is 49.1 Å². The number of benzene rings is 1. The summed E-state index contributed by atoms with van der Waals surface area (Å²) in [6.07, 6.45) is -1.48. The van der Waals surface area contributed by atoms with E-state index in [0.717, 1.165) is 25.7 Å². The number of piperazine rings is 2. The predicted molar refractivity (Wildman–Crippen MR) is 142 cm³/mol. The number of amidine groups is 1. The molecule has 0 aliphatic carbocycles. The number of rotatable bonds is 5. The van der Waals surface area contributed by atoms with Gasteiger partial charge < -0.3 is 25.8 Å². The average Bonchev–Trinajstić information content (AvgIpc) is 2.89. The second kappa shape index (κ2) is 11.6. The van der Waals surface area contributed by atoms with Gasteiger partial charge in [-0.15, -0.1) is 0 Å². The van der Waals surface area contributed by atoms with Crippen LogP contribution in [0.2, 0.25) is 5.02 Å². The molecule has 3 heterocycles. The summed E-state index contributed by atoms with van der Waals surface area (Å²) in [7, 11) is 0. The number of hydrogen-bond donors (Lipinski definition) is 2. The van der Waals surface area contributed by atoms with Gasteiger partial charge in [-0.25, -0.2) is 14.4 Å². The maximum atomic E-state index is 13.7. The molecule has 3 N–H and O–H groups in total. The van der Waals surface area contributed by atoms with E-state index in [1.54, 1.807) is 11.0 Å². The molecule has 38 heavy (non-hydrogen) atoms. The second-order valence-electron chi connectivity index (χ2n) is 9.26. The standard InChI is InChI=1S/C26H30ClF4N7/c1-17-16-38(9-8-33-17)18(2)35-24(15-23(32)19-5-6-22(28)21(27)14-19)36-10-12-37(13-11-36)25-20(26(29,30)31)4-3-7-34-25/h3-7,14-15,17,33H,2,8-13,16,32H2,1H3/b23-15-,35-24?. The van der Waals surface area contributed by atoms with Crippen LogP contribution < -0.4 is 16.0 Å². The number of nitrogens with zero attached hydrogens (tertiary/aromatic N) is 5. The molecule has 0 saturated carbocycles. The highest BCUT2D eigenvalue weighted by Gasteiger charge is 2.36. The zero-order valence-corrected chi connectivity index (χ0v) is 21.7. The first-order valence-corrected chi connectivity index (χ1v) is 12.6.